The van der Waals surface area contributed by atoms with Crippen LogP contribution in [0.1, 0.15) is 18.5 Å². The van der Waals surface area contributed by atoms with Crippen molar-refractivity contribution in [2.24, 2.45) is 5.73 Å². The van der Waals surface area contributed by atoms with Gasteiger partial charge in [-0.25, -0.2) is 18.2 Å². The highest BCUT2D eigenvalue weighted by Crippen LogP contribution is 2.48. The number of nitrogens with zero attached hydrogens (tertiary/aromatic N) is 3. The Hall–Kier alpha value is -3.29. The fraction of sp³-hybridized carbons (Fsp3) is 0.158. The summed E-state index contributed by atoms with van der Waals surface area (Å²) >= 11 is 0. The minimum Gasteiger partial charge on any atom is -0.369 e. The molecule has 2 aromatic heterocycles. The second-order valence-electron chi connectivity index (χ2n) is 6.38. The van der Waals surface area contributed by atoms with Gasteiger partial charge in [-0.1, -0.05) is 0 Å². The number of benzene rings is 1. The van der Waals surface area contributed by atoms with Crippen LogP contribution in [0.5, 0.6) is 0 Å². The Kier molecular flexibility index (Phi) is 3.91. The molecule has 0 bridgehead atoms. The van der Waals surface area contributed by atoms with E-state index in [0.717, 1.165) is 12.3 Å². The number of nitrogens with two attached hydrogens (primary N) is 1. The molecule has 0 unspecified atom stereocenters. The summed E-state index contributed by atoms with van der Waals surface area (Å²) in [7, 11) is 0. The number of halogens is 3. The summed E-state index contributed by atoms with van der Waals surface area (Å²) in [6.45, 7) is 0. The first-order valence-corrected chi connectivity index (χ1v) is 8.15. The van der Waals surface area contributed by atoms with Gasteiger partial charge in [0.1, 0.15) is 11.6 Å². The zero-order valence-corrected chi connectivity index (χ0v) is 13.9. The van der Waals surface area contributed by atoms with E-state index in [2.05, 4.69) is 15.0 Å². The lowest BCUT2D eigenvalue weighted by Crippen LogP contribution is -2.29. The summed E-state index contributed by atoms with van der Waals surface area (Å²) in [6, 6.07) is 4.35. The highest BCUT2D eigenvalue weighted by molar-refractivity contribution is 5.89. The maximum Gasteiger partial charge on any atom is 0.229 e. The first-order chi connectivity index (χ1) is 12.9. The number of amides is 1. The highest BCUT2D eigenvalue weighted by Gasteiger charge is 2.52. The van der Waals surface area contributed by atoms with Gasteiger partial charge in [-0.05, 0) is 31.0 Å². The van der Waals surface area contributed by atoms with E-state index >= 15 is 0 Å². The summed E-state index contributed by atoms with van der Waals surface area (Å²) < 4.78 is 42.0. The van der Waals surface area contributed by atoms with Crippen molar-refractivity contribution in [2.45, 2.75) is 18.3 Å². The van der Waals surface area contributed by atoms with E-state index in [0.29, 0.717) is 18.9 Å². The predicted molar refractivity (Wildman–Crippen MR) is 90.7 cm³/mol. The molecule has 1 aromatic carbocycles. The Morgan fingerprint density at radius 1 is 1.00 bits per heavy atom. The Labute approximate surface area is 152 Å². The fourth-order valence-electron chi connectivity index (χ4n) is 3.01. The Balaban J connectivity index is 1.97. The number of aromatic nitrogens is 3. The number of carbonyl (C=O) groups is 1. The lowest BCUT2D eigenvalue weighted by molar-refractivity contribution is -0.120. The van der Waals surface area contributed by atoms with Gasteiger partial charge >= 0.3 is 0 Å². The van der Waals surface area contributed by atoms with Gasteiger partial charge in [0.05, 0.1) is 34.9 Å². The van der Waals surface area contributed by atoms with Gasteiger partial charge in [-0.3, -0.25) is 14.8 Å². The molecule has 8 heteroatoms. The fourth-order valence-corrected chi connectivity index (χ4v) is 3.01. The minimum absolute atomic E-state index is 0.00243. The standard InChI is InChI=1S/C19H13F3N4O/c20-10-1-2-11(13(21)7-10)17-16(12-3-6-24-8-14(12)22)25-9-15(26-17)19(4-5-19)18(23)27/h1-3,6-9H,4-5H2,(H2,23,27). The molecule has 3 aromatic rings. The van der Waals surface area contributed by atoms with Crippen LogP contribution in [-0.2, 0) is 10.2 Å². The minimum atomic E-state index is -0.951. The zero-order chi connectivity index (χ0) is 19.2. The van der Waals surface area contributed by atoms with Crippen LogP contribution in [0.15, 0.2) is 42.9 Å². The molecule has 1 saturated carbocycles. The predicted octanol–water partition coefficient (Wildman–Crippen LogP) is 3.14. The maximum atomic E-state index is 14.4. The second-order valence-corrected chi connectivity index (χ2v) is 6.38. The molecular formula is C19H13F3N4O. The number of rotatable bonds is 4. The van der Waals surface area contributed by atoms with Gasteiger partial charge in [0, 0.05) is 23.4 Å². The summed E-state index contributed by atoms with van der Waals surface area (Å²) in [4.78, 5) is 24.1. The molecule has 2 N–H and O–H groups in total. The van der Waals surface area contributed by atoms with Crippen LogP contribution in [0.25, 0.3) is 22.5 Å². The molecule has 5 nitrogen and oxygen atoms in total. The molecule has 1 aliphatic rings. The molecule has 136 valence electrons. The molecule has 1 fully saturated rings. The molecule has 27 heavy (non-hydrogen) atoms. The molecule has 0 spiro atoms. The molecule has 1 amide bonds. The maximum absolute atomic E-state index is 14.4. The Morgan fingerprint density at radius 3 is 2.37 bits per heavy atom. The van der Waals surface area contributed by atoms with Crippen molar-refractivity contribution in [3.05, 3.63) is 66.0 Å². The van der Waals surface area contributed by atoms with Crippen LogP contribution >= 0.6 is 0 Å². The molecule has 0 saturated heterocycles. The van der Waals surface area contributed by atoms with Gasteiger partial charge < -0.3 is 5.73 Å². The number of hydrogen-bond acceptors (Lipinski definition) is 4. The number of pyridine rings is 1. The van der Waals surface area contributed by atoms with Crippen molar-refractivity contribution in [3.63, 3.8) is 0 Å². The second kappa shape index (κ2) is 6.15. The molecule has 0 atom stereocenters. The average Bonchev–Trinajstić information content (AvgIpc) is 3.44. The number of hydrogen-bond donors (Lipinski definition) is 1. The summed E-state index contributed by atoms with van der Waals surface area (Å²) in [6.07, 6.45) is 4.72. The lowest BCUT2D eigenvalue weighted by Gasteiger charge is -2.15. The zero-order valence-electron chi connectivity index (χ0n) is 13.9. The van der Waals surface area contributed by atoms with Crippen LogP contribution in [0, 0.1) is 17.5 Å². The van der Waals surface area contributed by atoms with Gasteiger partial charge in [-0.2, -0.15) is 0 Å². The van der Waals surface area contributed by atoms with E-state index in [1.54, 1.807) is 0 Å². The van der Waals surface area contributed by atoms with E-state index in [9.17, 15) is 18.0 Å². The van der Waals surface area contributed by atoms with E-state index in [-0.39, 0.29) is 28.2 Å². The summed E-state index contributed by atoms with van der Waals surface area (Å²) in [5.74, 6) is -2.85. The molecule has 0 aliphatic heterocycles. The Morgan fingerprint density at radius 2 is 1.74 bits per heavy atom. The van der Waals surface area contributed by atoms with Crippen LogP contribution in [0.4, 0.5) is 13.2 Å². The summed E-state index contributed by atoms with van der Waals surface area (Å²) in [5.41, 5.74) is 4.88. The van der Waals surface area contributed by atoms with Gasteiger partial charge in [0.2, 0.25) is 5.91 Å². The molecule has 4 rings (SSSR count). The summed E-state index contributed by atoms with van der Waals surface area (Å²) in [5, 5.41) is 0. The number of carbonyl (C=O) groups excluding carboxylic acids is 1. The van der Waals surface area contributed by atoms with E-state index in [4.69, 9.17) is 5.73 Å². The Bertz CT molecular complexity index is 1070. The van der Waals surface area contributed by atoms with E-state index in [1.807, 2.05) is 0 Å². The van der Waals surface area contributed by atoms with Gasteiger partial charge in [0.15, 0.2) is 5.82 Å². The van der Waals surface area contributed by atoms with Crippen molar-refractivity contribution in [2.75, 3.05) is 0 Å². The van der Waals surface area contributed by atoms with Crippen LogP contribution < -0.4 is 5.73 Å². The SMILES string of the molecule is NC(=O)C1(c2cnc(-c3ccncc3F)c(-c3ccc(F)cc3F)n2)CC1. The third kappa shape index (κ3) is 2.83. The third-order valence-corrected chi connectivity index (χ3v) is 4.70. The van der Waals surface area contributed by atoms with Crippen molar-refractivity contribution < 1.29 is 18.0 Å². The van der Waals surface area contributed by atoms with Crippen LogP contribution in [-0.4, -0.2) is 20.9 Å². The average molecular weight is 370 g/mol. The quantitative estimate of drug-likeness (QED) is 0.765. The van der Waals surface area contributed by atoms with Gasteiger partial charge in [0.25, 0.3) is 0 Å². The topological polar surface area (TPSA) is 81.8 Å². The first-order valence-electron chi connectivity index (χ1n) is 8.15. The lowest BCUT2D eigenvalue weighted by atomic mass is 9.99. The smallest absolute Gasteiger partial charge is 0.229 e. The molecule has 0 radical (unpaired) electrons. The van der Waals surface area contributed by atoms with E-state index < -0.39 is 28.8 Å². The van der Waals surface area contributed by atoms with Crippen molar-refractivity contribution in [3.8, 4) is 22.5 Å². The van der Waals surface area contributed by atoms with Crippen LogP contribution in [0.3, 0.4) is 0 Å². The molecular weight excluding hydrogens is 357 g/mol. The molecule has 1 aliphatic carbocycles. The van der Waals surface area contributed by atoms with E-state index in [1.165, 1.54) is 24.5 Å². The number of primary amides is 1. The van der Waals surface area contributed by atoms with Crippen molar-refractivity contribution in [1.82, 2.24) is 15.0 Å². The monoisotopic (exact) mass is 370 g/mol. The normalized spacial score (nSPS) is 14.8. The third-order valence-electron chi connectivity index (χ3n) is 4.70. The van der Waals surface area contributed by atoms with Gasteiger partial charge in [-0.15, -0.1) is 0 Å². The largest absolute Gasteiger partial charge is 0.369 e. The van der Waals surface area contributed by atoms with Crippen molar-refractivity contribution >= 4 is 5.91 Å². The van der Waals surface area contributed by atoms with Crippen molar-refractivity contribution in [1.29, 1.82) is 0 Å². The molecule has 2 heterocycles. The highest BCUT2D eigenvalue weighted by atomic mass is 19.1. The first kappa shape index (κ1) is 17.1. The van der Waals surface area contributed by atoms with Crippen LogP contribution in [0.2, 0.25) is 0 Å².